The van der Waals surface area contributed by atoms with E-state index in [1.54, 1.807) is 18.2 Å². The predicted molar refractivity (Wildman–Crippen MR) is 89.2 cm³/mol. The SMILES string of the molecule is O=C(O)[C@@H]1CCN(C(=O)[C@H]2CCN(c3cc(Cl)ccc3Cl)C2=O)C1. The summed E-state index contributed by atoms with van der Waals surface area (Å²) in [6, 6.07) is 4.84. The number of carbonyl (C=O) groups excluding carboxylic acids is 2. The van der Waals surface area contributed by atoms with Crippen LogP contribution in [0.4, 0.5) is 5.69 Å². The molecule has 0 aliphatic carbocycles. The fraction of sp³-hybridized carbons (Fsp3) is 0.438. The maximum Gasteiger partial charge on any atom is 0.308 e. The monoisotopic (exact) mass is 370 g/mol. The number of hydrogen-bond acceptors (Lipinski definition) is 3. The van der Waals surface area contributed by atoms with E-state index in [2.05, 4.69) is 0 Å². The Morgan fingerprint density at radius 3 is 2.58 bits per heavy atom. The zero-order valence-electron chi connectivity index (χ0n) is 12.7. The maximum absolute atomic E-state index is 12.6. The molecule has 0 spiro atoms. The third kappa shape index (κ3) is 3.08. The number of carboxylic acids is 1. The van der Waals surface area contributed by atoms with Gasteiger partial charge in [-0.3, -0.25) is 14.4 Å². The summed E-state index contributed by atoms with van der Waals surface area (Å²) >= 11 is 12.1. The van der Waals surface area contributed by atoms with E-state index >= 15 is 0 Å². The zero-order valence-corrected chi connectivity index (χ0v) is 14.3. The van der Waals surface area contributed by atoms with Gasteiger partial charge in [0.25, 0.3) is 0 Å². The molecule has 6 nitrogen and oxygen atoms in total. The maximum atomic E-state index is 12.6. The number of benzene rings is 1. The van der Waals surface area contributed by atoms with Crippen LogP contribution in [-0.2, 0) is 14.4 Å². The van der Waals surface area contributed by atoms with Gasteiger partial charge in [0.15, 0.2) is 0 Å². The summed E-state index contributed by atoms with van der Waals surface area (Å²) in [7, 11) is 0. The lowest BCUT2D eigenvalue weighted by molar-refractivity contribution is -0.142. The van der Waals surface area contributed by atoms with Gasteiger partial charge in [-0.25, -0.2) is 0 Å². The predicted octanol–water partition coefficient (Wildman–Crippen LogP) is 2.28. The third-order valence-electron chi connectivity index (χ3n) is 4.55. The molecule has 1 N–H and O–H groups in total. The summed E-state index contributed by atoms with van der Waals surface area (Å²) < 4.78 is 0. The van der Waals surface area contributed by atoms with E-state index in [1.807, 2.05) is 0 Å². The Bertz CT molecular complexity index is 709. The second kappa shape index (κ2) is 6.61. The highest BCUT2D eigenvalue weighted by molar-refractivity contribution is 6.36. The summed E-state index contributed by atoms with van der Waals surface area (Å²) in [5.74, 6) is -2.86. The lowest BCUT2D eigenvalue weighted by Gasteiger charge is -2.21. The summed E-state index contributed by atoms with van der Waals surface area (Å²) in [6.45, 7) is 0.916. The highest BCUT2D eigenvalue weighted by Gasteiger charge is 2.42. The fourth-order valence-corrected chi connectivity index (χ4v) is 3.61. The van der Waals surface area contributed by atoms with E-state index in [1.165, 1.54) is 9.80 Å². The van der Waals surface area contributed by atoms with E-state index in [4.69, 9.17) is 28.3 Å². The molecule has 0 aromatic heterocycles. The van der Waals surface area contributed by atoms with Crippen molar-refractivity contribution in [2.24, 2.45) is 11.8 Å². The fourth-order valence-electron chi connectivity index (χ4n) is 3.22. The van der Waals surface area contributed by atoms with Gasteiger partial charge in [0.2, 0.25) is 11.8 Å². The van der Waals surface area contributed by atoms with Gasteiger partial charge < -0.3 is 14.9 Å². The van der Waals surface area contributed by atoms with Crippen molar-refractivity contribution in [1.29, 1.82) is 0 Å². The molecule has 2 aliphatic heterocycles. The van der Waals surface area contributed by atoms with Crippen molar-refractivity contribution in [3.63, 3.8) is 0 Å². The van der Waals surface area contributed by atoms with Crippen LogP contribution in [0, 0.1) is 11.8 Å². The van der Waals surface area contributed by atoms with E-state index in [0.29, 0.717) is 41.7 Å². The smallest absolute Gasteiger partial charge is 0.308 e. The Morgan fingerprint density at radius 2 is 1.92 bits per heavy atom. The van der Waals surface area contributed by atoms with Crippen LogP contribution >= 0.6 is 23.2 Å². The van der Waals surface area contributed by atoms with Gasteiger partial charge in [-0.15, -0.1) is 0 Å². The number of carboxylic acid groups (broad SMARTS) is 1. The molecule has 2 amide bonds. The van der Waals surface area contributed by atoms with Crippen LogP contribution in [0.25, 0.3) is 0 Å². The minimum Gasteiger partial charge on any atom is -0.481 e. The first-order valence-electron chi connectivity index (χ1n) is 7.66. The van der Waals surface area contributed by atoms with Crippen molar-refractivity contribution in [3.8, 4) is 0 Å². The molecule has 2 heterocycles. The molecule has 1 aromatic rings. The molecule has 2 fully saturated rings. The number of likely N-dealkylation sites (tertiary alicyclic amines) is 1. The van der Waals surface area contributed by atoms with Crippen molar-refractivity contribution in [2.45, 2.75) is 12.8 Å². The quantitative estimate of drug-likeness (QED) is 0.827. The molecule has 8 heteroatoms. The Balaban J connectivity index is 1.73. The molecular weight excluding hydrogens is 355 g/mol. The van der Waals surface area contributed by atoms with Crippen LogP contribution in [-0.4, -0.2) is 47.4 Å². The number of carbonyl (C=O) groups is 3. The van der Waals surface area contributed by atoms with Gasteiger partial charge in [-0.2, -0.15) is 0 Å². The molecule has 2 aliphatic rings. The normalized spacial score (nSPS) is 23.8. The zero-order chi connectivity index (χ0) is 17.4. The number of amides is 2. The highest BCUT2D eigenvalue weighted by atomic mass is 35.5. The largest absolute Gasteiger partial charge is 0.481 e. The van der Waals surface area contributed by atoms with Crippen LogP contribution in [0.2, 0.25) is 10.0 Å². The first kappa shape index (κ1) is 17.0. The number of nitrogens with zero attached hydrogens (tertiary/aromatic N) is 2. The Hall–Kier alpha value is -1.79. The average molecular weight is 371 g/mol. The molecule has 0 unspecified atom stereocenters. The molecule has 128 valence electrons. The van der Waals surface area contributed by atoms with Crippen molar-refractivity contribution >= 4 is 46.7 Å². The molecule has 2 atom stereocenters. The van der Waals surface area contributed by atoms with Crippen LogP contribution < -0.4 is 4.90 Å². The average Bonchev–Trinajstić information content (AvgIpc) is 3.16. The summed E-state index contributed by atoms with van der Waals surface area (Å²) in [5, 5.41) is 9.89. The summed E-state index contributed by atoms with van der Waals surface area (Å²) in [6.07, 6.45) is 0.806. The summed E-state index contributed by atoms with van der Waals surface area (Å²) in [4.78, 5) is 39.2. The third-order valence-corrected chi connectivity index (χ3v) is 5.11. The highest BCUT2D eigenvalue weighted by Crippen LogP contribution is 2.34. The molecule has 0 bridgehead atoms. The number of anilines is 1. The Kier molecular flexibility index (Phi) is 4.69. The lowest BCUT2D eigenvalue weighted by Crippen LogP contribution is -2.39. The van der Waals surface area contributed by atoms with E-state index in [0.717, 1.165) is 0 Å². The first-order valence-corrected chi connectivity index (χ1v) is 8.42. The summed E-state index contributed by atoms with van der Waals surface area (Å²) in [5.41, 5.74) is 0.495. The molecule has 0 radical (unpaired) electrons. The molecular formula is C16H16Cl2N2O4. The van der Waals surface area contributed by atoms with E-state index < -0.39 is 17.8 Å². The number of rotatable bonds is 3. The van der Waals surface area contributed by atoms with Crippen molar-refractivity contribution < 1.29 is 19.5 Å². The number of aliphatic carboxylic acids is 1. The Morgan fingerprint density at radius 1 is 1.17 bits per heavy atom. The molecule has 1 aromatic carbocycles. The van der Waals surface area contributed by atoms with Gasteiger partial charge in [-0.05, 0) is 31.0 Å². The Labute approximate surface area is 148 Å². The second-order valence-corrected chi connectivity index (χ2v) is 6.88. The topological polar surface area (TPSA) is 77.9 Å². The van der Waals surface area contributed by atoms with Gasteiger partial charge in [0, 0.05) is 24.7 Å². The lowest BCUT2D eigenvalue weighted by atomic mass is 10.1. The van der Waals surface area contributed by atoms with Crippen molar-refractivity contribution in [2.75, 3.05) is 24.5 Å². The second-order valence-electron chi connectivity index (χ2n) is 6.03. The standard InChI is InChI=1S/C16H16Cl2N2O4/c17-10-1-2-12(18)13(7-10)20-6-4-11(15(20)22)14(21)19-5-3-9(8-19)16(23)24/h1-2,7,9,11H,3-6,8H2,(H,23,24)/t9-,11-/m1/s1. The molecule has 3 rings (SSSR count). The van der Waals surface area contributed by atoms with Gasteiger partial charge in [0.1, 0.15) is 5.92 Å². The van der Waals surface area contributed by atoms with Crippen LogP contribution in [0.5, 0.6) is 0 Å². The number of halogens is 2. The molecule has 0 saturated carbocycles. The van der Waals surface area contributed by atoms with E-state index in [9.17, 15) is 14.4 Å². The van der Waals surface area contributed by atoms with Crippen LogP contribution in [0.15, 0.2) is 18.2 Å². The van der Waals surface area contributed by atoms with Crippen molar-refractivity contribution in [1.82, 2.24) is 4.90 Å². The minimum absolute atomic E-state index is 0.163. The van der Waals surface area contributed by atoms with Crippen LogP contribution in [0.3, 0.4) is 0 Å². The minimum atomic E-state index is -0.907. The molecule has 2 saturated heterocycles. The van der Waals surface area contributed by atoms with Gasteiger partial charge in [0.05, 0.1) is 16.6 Å². The van der Waals surface area contributed by atoms with Gasteiger partial charge in [-0.1, -0.05) is 23.2 Å². The molecule has 24 heavy (non-hydrogen) atoms. The first-order chi connectivity index (χ1) is 11.4. The van der Waals surface area contributed by atoms with Crippen molar-refractivity contribution in [3.05, 3.63) is 28.2 Å². The van der Waals surface area contributed by atoms with E-state index in [-0.39, 0.29) is 18.4 Å². The van der Waals surface area contributed by atoms with Gasteiger partial charge >= 0.3 is 5.97 Å². The van der Waals surface area contributed by atoms with Crippen LogP contribution in [0.1, 0.15) is 12.8 Å². The number of hydrogen-bond donors (Lipinski definition) is 1.